The van der Waals surface area contributed by atoms with Gasteiger partial charge in [-0.1, -0.05) is 12.1 Å². The van der Waals surface area contributed by atoms with E-state index < -0.39 is 0 Å². The Morgan fingerprint density at radius 2 is 1.67 bits per heavy atom. The Hall–Kier alpha value is -2.56. The van der Waals surface area contributed by atoms with Crippen LogP contribution in [0.25, 0.3) is 10.8 Å². The van der Waals surface area contributed by atoms with Gasteiger partial charge in [-0.15, -0.1) is 0 Å². The van der Waals surface area contributed by atoms with E-state index in [1.807, 2.05) is 18.2 Å². The van der Waals surface area contributed by atoms with Crippen molar-refractivity contribution >= 4 is 16.5 Å². The first-order chi connectivity index (χ1) is 10.2. The van der Waals surface area contributed by atoms with Crippen LogP contribution in [0.3, 0.4) is 0 Å². The molecule has 1 heterocycles. The molecule has 0 unspecified atom stereocenters. The summed E-state index contributed by atoms with van der Waals surface area (Å²) in [7, 11) is 0. The van der Waals surface area contributed by atoms with Crippen LogP contribution in [0.5, 0.6) is 0 Å². The third-order valence-corrected chi connectivity index (χ3v) is 4.06. The number of fused-ring (bicyclic) bond motifs is 1. The van der Waals surface area contributed by atoms with E-state index in [1.54, 1.807) is 12.1 Å². The van der Waals surface area contributed by atoms with Gasteiger partial charge in [0.15, 0.2) is 0 Å². The molecule has 0 saturated carbocycles. The van der Waals surface area contributed by atoms with Gasteiger partial charge < -0.3 is 10.0 Å². The van der Waals surface area contributed by atoms with Crippen LogP contribution < -0.4 is 4.90 Å². The zero-order valence-corrected chi connectivity index (χ0v) is 11.6. The lowest BCUT2D eigenvalue weighted by atomic mass is 9.97. The summed E-state index contributed by atoms with van der Waals surface area (Å²) < 4.78 is 0. The maximum absolute atomic E-state index is 9.64. The summed E-state index contributed by atoms with van der Waals surface area (Å²) >= 11 is 0. The Labute approximate surface area is 123 Å². The highest BCUT2D eigenvalue weighted by Crippen LogP contribution is 2.33. The van der Waals surface area contributed by atoms with Gasteiger partial charge in [0.1, 0.15) is 0 Å². The molecule has 1 aliphatic rings. The van der Waals surface area contributed by atoms with Crippen LogP contribution in [-0.4, -0.2) is 24.3 Å². The molecule has 0 aliphatic carbocycles. The highest BCUT2D eigenvalue weighted by Gasteiger charge is 2.20. The maximum Gasteiger partial charge on any atom is 0.0998 e. The van der Waals surface area contributed by atoms with Crippen molar-refractivity contribution < 1.29 is 5.11 Å². The van der Waals surface area contributed by atoms with Crippen molar-refractivity contribution in [3.05, 3.63) is 41.5 Å². The maximum atomic E-state index is 9.64. The molecule has 0 aromatic heterocycles. The van der Waals surface area contributed by atoms with E-state index in [2.05, 4.69) is 17.0 Å². The number of nitriles is 2. The summed E-state index contributed by atoms with van der Waals surface area (Å²) in [6, 6.07) is 13.6. The van der Waals surface area contributed by atoms with E-state index in [4.69, 9.17) is 0 Å². The normalized spacial score (nSPS) is 15.7. The van der Waals surface area contributed by atoms with Gasteiger partial charge in [0.2, 0.25) is 0 Å². The van der Waals surface area contributed by atoms with Gasteiger partial charge in [-0.25, -0.2) is 0 Å². The number of nitrogens with zero attached hydrogens (tertiary/aromatic N) is 3. The number of hydrogen-bond acceptors (Lipinski definition) is 4. The topological polar surface area (TPSA) is 71.1 Å². The first kappa shape index (κ1) is 13.4. The number of aliphatic hydroxyl groups excluding tert-OH is 1. The molecule has 1 fully saturated rings. The number of rotatable bonds is 1. The van der Waals surface area contributed by atoms with Crippen LogP contribution in [-0.2, 0) is 0 Å². The van der Waals surface area contributed by atoms with E-state index in [9.17, 15) is 15.6 Å². The zero-order valence-electron chi connectivity index (χ0n) is 11.6. The average Bonchev–Trinajstić information content (AvgIpc) is 2.54. The summed E-state index contributed by atoms with van der Waals surface area (Å²) in [4.78, 5) is 2.22. The number of aliphatic hydroxyl groups is 1. The number of benzene rings is 2. The van der Waals surface area contributed by atoms with E-state index in [1.165, 1.54) is 0 Å². The lowest BCUT2D eigenvalue weighted by Crippen LogP contribution is -2.35. The molecule has 0 radical (unpaired) electrons. The highest BCUT2D eigenvalue weighted by atomic mass is 16.3. The molecule has 0 spiro atoms. The quantitative estimate of drug-likeness (QED) is 0.869. The van der Waals surface area contributed by atoms with Crippen LogP contribution in [0.1, 0.15) is 24.0 Å². The van der Waals surface area contributed by atoms with Gasteiger partial charge in [-0.05, 0) is 31.0 Å². The van der Waals surface area contributed by atoms with E-state index in [0.717, 1.165) is 42.4 Å². The largest absolute Gasteiger partial charge is 0.393 e. The van der Waals surface area contributed by atoms with Crippen molar-refractivity contribution in [2.24, 2.45) is 0 Å². The van der Waals surface area contributed by atoms with Gasteiger partial charge >= 0.3 is 0 Å². The van der Waals surface area contributed by atoms with Crippen molar-refractivity contribution in [1.29, 1.82) is 10.5 Å². The van der Waals surface area contributed by atoms with Crippen molar-refractivity contribution in [3.63, 3.8) is 0 Å². The molecule has 1 N–H and O–H groups in total. The Bertz CT molecular complexity index is 742. The molecule has 0 bridgehead atoms. The molecule has 4 nitrogen and oxygen atoms in total. The first-order valence-electron chi connectivity index (χ1n) is 7.03. The zero-order chi connectivity index (χ0) is 14.8. The second-order valence-electron chi connectivity index (χ2n) is 5.30. The second-order valence-corrected chi connectivity index (χ2v) is 5.30. The molecule has 2 aromatic rings. The molecule has 2 aromatic carbocycles. The molecule has 0 atom stereocenters. The van der Waals surface area contributed by atoms with Crippen LogP contribution in [0.2, 0.25) is 0 Å². The SMILES string of the molecule is N#Cc1cccc2c(N3CCC(O)CC3)ccc(C#N)c12. The second kappa shape index (κ2) is 5.44. The molecule has 4 heteroatoms. The predicted molar refractivity (Wildman–Crippen MR) is 80.8 cm³/mol. The fourth-order valence-corrected chi connectivity index (χ4v) is 2.96. The summed E-state index contributed by atoms with van der Waals surface area (Å²) in [5, 5.41) is 29.9. The number of piperidine rings is 1. The van der Waals surface area contributed by atoms with E-state index >= 15 is 0 Å². The molecular weight excluding hydrogens is 262 g/mol. The van der Waals surface area contributed by atoms with Crippen molar-refractivity contribution in [1.82, 2.24) is 0 Å². The van der Waals surface area contributed by atoms with Crippen molar-refractivity contribution in [2.45, 2.75) is 18.9 Å². The standard InChI is InChI=1S/C17H15N3O/c18-10-12-2-1-3-15-16(5-4-13(11-19)17(12)15)20-8-6-14(21)7-9-20/h1-5,14,21H,6-9H2. The Morgan fingerprint density at radius 1 is 1.00 bits per heavy atom. The summed E-state index contributed by atoms with van der Waals surface area (Å²) in [5.74, 6) is 0. The van der Waals surface area contributed by atoms with Gasteiger partial charge in [-0.3, -0.25) is 0 Å². The molecule has 1 aliphatic heterocycles. The minimum Gasteiger partial charge on any atom is -0.393 e. The van der Waals surface area contributed by atoms with E-state index in [0.29, 0.717) is 11.1 Å². The fourth-order valence-electron chi connectivity index (χ4n) is 2.96. The third kappa shape index (κ3) is 2.31. The minimum absolute atomic E-state index is 0.222. The number of hydrogen-bond donors (Lipinski definition) is 1. The third-order valence-electron chi connectivity index (χ3n) is 4.06. The Morgan fingerprint density at radius 3 is 2.33 bits per heavy atom. The molecule has 104 valence electrons. The molecular formula is C17H15N3O. The lowest BCUT2D eigenvalue weighted by molar-refractivity contribution is 0.145. The Balaban J connectivity index is 2.18. The van der Waals surface area contributed by atoms with Crippen LogP contribution >= 0.6 is 0 Å². The van der Waals surface area contributed by atoms with Gasteiger partial charge in [0.25, 0.3) is 0 Å². The summed E-state index contributed by atoms with van der Waals surface area (Å²) in [6.45, 7) is 1.58. The van der Waals surface area contributed by atoms with Crippen LogP contribution in [0.15, 0.2) is 30.3 Å². The molecule has 1 saturated heterocycles. The van der Waals surface area contributed by atoms with Crippen LogP contribution in [0, 0.1) is 22.7 Å². The fraction of sp³-hybridized carbons (Fsp3) is 0.294. The van der Waals surface area contributed by atoms with Gasteiger partial charge in [0, 0.05) is 29.5 Å². The number of anilines is 1. The van der Waals surface area contributed by atoms with Crippen LogP contribution in [0.4, 0.5) is 5.69 Å². The summed E-state index contributed by atoms with van der Waals surface area (Å²) in [5.41, 5.74) is 2.10. The van der Waals surface area contributed by atoms with Gasteiger partial charge in [0.05, 0.1) is 29.4 Å². The van der Waals surface area contributed by atoms with Gasteiger partial charge in [-0.2, -0.15) is 10.5 Å². The van der Waals surface area contributed by atoms with Crippen molar-refractivity contribution in [2.75, 3.05) is 18.0 Å². The van der Waals surface area contributed by atoms with Crippen molar-refractivity contribution in [3.8, 4) is 12.1 Å². The molecule has 3 rings (SSSR count). The average molecular weight is 277 g/mol. The smallest absolute Gasteiger partial charge is 0.0998 e. The summed E-state index contributed by atoms with van der Waals surface area (Å²) in [6.07, 6.45) is 1.28. The monoisotopic (exact) mass is 277 g/mol. The minimum atomic E-state index is -0.222. The molecule has 0 amide bonds. The molecule has 21 heavy (non-hydrogen) atoms. The lowest BCUT2D eigenvalue weighted by Gasteiger charge is -2.32. The Kier molecular flexibility index (Phi) is 3.48. The predicted octanol–water partition coefficient (Wildman–Crippen LogP) is 2.54. The first-order valence-corrected chi connectivity index (χ1v) is 7.03. The highest BCUT2D eigenvalue weighted by molar-refractivity contribution is 6.01. The van der Waals surface area contributed by atoms with E-state index in [-0.39, 0.29) is 6.10 Å².